The van der Waals surface area contributed by atoms with Crippen LogP contribution in [0.2, 0.25) is 0 Å². The van der Waals surface area contributed by atoms with Crippen LogP contribution in [-0.4, -0.2) is 25.9 Å². The van der Waals surface area contributed by atoms with Crippen LogP contribution in [0.1, 0.15) is 38.2 Å². The second-order valence-corrected chi connectivity index (χ2v) is 5.09. The van der Waals surface area contributed by atoms with E-state index in [9.17, 15) is 0 Å². The lowest BCUT2D eigenvalue weighted by atomic mass is 9.96. The minimum atomic E-state index is 0.496. The molecule has 0 spiro atoms. The van der Waals surface area contributed by atoms with Gasteiger partial charge in [-0.05, 0) is 49.9 Å². The third-order valence-corrected chi connectivity index (χ3v) is 3.44. The molecular formula is C16H25NO2. The van der Waals surface area contributed by atoms with Gasteiger partial charge in [-0.2, -0.15) is 0 Å². The summed E-state index contributed by atoms with van der Waals surface area (Å²) in [6.45, 7) is 5.51. The van der Waals surface area contributed by atoms with Crippen LogP contribution in [0.15, 0.2) is 24.3 Å². The molecule has 0 aromatic heterocycles. The number of hydrogen-bond acceptors (Lipinski definition) is 3. The van der Waals surface area contributed by atoms with Crippen LogP contribution in [0.4, 0.5) is 0 Å². The van der Waals surface area contributed by atoms with E-state index in [0.717, 1.165) is 18.8 Å². The van der Waals surface area contributed by atoms with Crippen molar-refractivity contribution in [1.29, 1.82) is 0 Å². The average Bonchev–Trinajstić information content (AvgIpc) is 2.38. The molecule has 0 unspecified atom stereocenters. The third-order valence-electron chi connectivity index (χ3n) is 3.44. The highest BCUT2D eigenvalue weighted by atomic mass is 16.5. The van der Waals surface area contributed by atoms with Crippen molar-refractivity contribution in [3.05, 3.63) is 29.8 Å². The number of benzene rings is 1. The molecule has 0 radical (unpaired) electrons. The molecule has 1 aromatic rings. The fraction of sp³-hybridized carbons (Fsp3) is 0.625. The predicted molar refractivity (Wildman–Crippen MR) is 77.5 cm³/mol. The Bertz CT molecular complexity index is 346. The van der Waals surface area contributed by atoms with E-state index in [0.29, 0.717) is 19.3 Å². The van der Waals surface area contributed by atoms with Crippen LogP contribution in [0.5, 0.6) is 5.75 Å². The molecular weight excluding hydrogens is 238 g/mol. The van der Waals surface area contributed by atoms with Gasteiger partial charge in [-0.1, -0.05) is 19.1 Å². The first-order valence-corrected chi connectivity index (χ1v) is 7.42. The lowest BCUT2D eigenvalue weighted by Gasteiger charge is -2.25. The average molecular weight is 263 g/mol. The lowest BCUT2D eigenvalue weighted by Crippen LogP contribution is -2.23. The smallest absolute Gasteiger partial charge is 0.119 e. The molecule has 3 heteroatoms. The molecule has 1 saturated carbocycles. The van der Waals surface area contributed by atoms with Crippen LogP contribution < -0.4 is 10.1 Å². The molecule has 1 aromatic carbocycles. The van der Waals surface area contributed by atoms with Gasteiger partial charge in [0.25, 0.3) is 0 Å². The highest BCUT2D eigenvalue weighted by Crippen LogP contribution is 2.21. The molecule has 19 heavy (non-hydrogen) atoms. The van der Waals surface area contributed by atoms with Gasteiger partial charge in [-0.25, -0.2) is 0 Å². The molecule has 0 amide bonds. The Kier molecular flexibility index (Phi) is 6.18. The Balaban J connectivity index is 1.60. The van der Waals surface area contributed by atoms with E-state index < -0.39 is 0 Å². The Morgan fingerprint density at radius 1 is 1.16 bits per heavy atom. The molecule has 1 N–H and O–H groups in total. The van der Waals surface area contributed by atoms with E-state index in [1.54, 1.807) is 0 Å². The summed E-state index contributed by atoms with van der Waals surface area (Å²) in [6.07, 6.45) is 5.43. The zero-order valence-corrected chi connectivity index (χ0v) is 11.9. The monoisotopic (exact) mass is 263 g/mol. The maximum Gasteiger partial charge on any atom is 0.119 e. The molecule has 0 atom stereocenters. The topological polar surface area (TPSA) is 30.5 Å². The summed E-state index contributed by atoms with van der Waals surface area (Å²) < 4.78 is 11.3. The largest absolute Gasteiger partial charge is 0.491 e. The van der Waals surface area contributed by atoms with Crippen molar-refractivity contribution in [3.63, 3.8) is 0 Å². The predicted octanol–water partition coefficient (Wildman–Crippen LogP) is 3.13. The van der Waals surface area contributed by atoms with Gasteiger partial charge in [0.15, 0.2) is 0 Å². The van der Waals surface area contributed by atoms with Gasteiger partial charge in [-0.15, -0.1) is 0 Å². The minimum Gasteiger partial charge on any atom is -0.491 e. The van der Waals surface area contributed by atoms with Crippen LogP contribution >= 0.6 is 0 Å². The van der Waals surface area contributed by atoms with Crippen molar-refractivity contribution in [2.45, 2.75) is 45.3 Å². The van der Waals surface area contributed by atoms with Crippen molar-refractivity contribution in [2.24, 2.45) is 0 Å². The maximum atomic E-state index is 5.66. The van der Waals surface area contributed by atoms with E-state index in [1.165, 1.54) is 31.2 Å². The molecule has 0 bridgehead atoms. The van der Waals surface area contributed by atoms with Crippen LogP contribution in [0.3, 0.4) is 0 Å². The SMILES string of the molecule is CCCNCc1ccc(OCCOC2CCC2)cc1. The highest BCUT2D eigenvalue weighted by Gasteiger charge is 2.17. The van der Waals surface area contributed by atoms with Crippen molar-refractivity contribution in [2.75, 3.05) is 19.8 Å². The van der Waals surface area contributed by atoms with Gasteiger partial charge in [0.2, 0.25) is 0 Å². The molecule has 0 saturated heterocycles. The lowest BCUT2D eigenvalue weighted by molar-refractivity contribution is -0.0103. The molecule has 0 aliphatic heterocycles. The first-order valence-electron chi connectivity index (χ1n) is 7.42. The third kappa shape index (κ3) is 5.21. The Morgan fingerprint density at radius 3 is 2.58 bits per heavy atom. The van der Waals surface area contributed by atoms with Gasteiger partial charge in [0.05, 0.1) is 12.7 Å². The first-order chi connectivity index (χ1) is 9.38. The number of ether oxygens (including phenoxy) is 2. The fourth-order valence-electron chi connectivity index (χ4n) is 2.02. The normalized spacial score (nSPS) is 15.2. The summed E-state index contributed by atoms with van der Waals surface area (Å²) in [5, 5.41) is 3.39. The van der Waals surface area contributed by atoms with Crippen LogP contribution in [-0.2, 0) is 11.3 Å². The van der Waals surface area contributed by atoms with Crippen LogP contribution in [0.25, 0.3) is 0 Å². The van der Waals surface area contributed by atoms with E-state index in [2.05, 4.69) is 24.4 Å². The maximum absolute atomic E-state index is 5.66. The number of hydrogen-bond donors (Lipinski definition) is 1. The van der Waals surface area contributed by atoms with Crippen molar-refractivity contribution >= 4 is 0 Å². The van der Waals surface area contributed by atoms with Crippen LogP contribution in [0, 0.1) is 0 Å². The summed E-state index contributed by atoms with van der Waals surface area (Å²) in [5.41, 5.74) is 1.30. The van der Waals surface area contributed by atoms with Gasteiger partial charge >= 0.3 is 0 Å². The molecule has 0 heterocycles. The van der Waals surface area contributed by atoms with Gasteiger partial charge < -0.3 is 14.8 Å². The number of rotatable bonds is 9. The van der Waals surface area contributed by atoms with E-state index in [1.807, 2.05) is 12.1 Å². The molecule has 2 rings (SSSR count). The van der Waals surface area contributed by atoms with Gasteiger partial charge in [0, 0.05) is 6.54 Å². The summed E-state index contributed by atoms with van der Waals surface area (Å²) in [4.78, 5) is 0. The van der Waals surface area contributed by atoms with Crippen molar-refractivity contribution in [1.82, 2.24) is 5.32 Å². The summed E-state index contributed by atoms with van der Waals surface area (Å²) in [5.74, 6) is 0.927. The molecule has 1 fully saturated rings. The second kappa shape index (κ2) is 8.18. The Morgan fingerprint density at radius 2 is 1.95 bits per heavy atom. The van der Waals surface area contributed by atoms with E-state index >= 15 is 0 Å². The summed E-state index contributed by atoms with van der Waals surface area (Å²) >= 11 is 0. The van der Waals surface area contributed by atoms with Crippen molar-refractivity contribution in [3.8, 4) is 5.75 Å². The fourth-order valence-corrected chi connectivity index (χ4v) is 2.02. The molecule has 106 valence electrons. The van der Waals surface area contributed by atoms with Gasteiger partial charge in [0.1, 0.15) is 12.4 Å². The summed E-state index contributed by atoms with van der Waals surface area (Å²) in [7, 11) is 0. The standard InChI is InChI=1S/C16H25NO2/c1-2-10-17-13-14-6-8-16(9-7-14)19-12-11-18-15-4-3-5-15/h6-9,15,17H,2-5,10-13H2,1H3. The second-order valence-electron chi connectivity index (χ2n) is 5.09. The molecule has 3 nitrogen and oxygen atoms in total. The minimum absolute atomic E-state index is 0.496. The Hall–Kier alpha value is -1.06. The quantitative estimate of drug-likeness (QED) is 0.694. The van der Waals surface area contributed by atoms with Crippen molar-refractivity contribution < 1.29 is 9.47 Å². The van der Waals surface area contributed by atoms with Gasteiger partial charge in [-0.3, -0.25) is 0 Å². The van der Waals surface area contributed by atoms with E-state index in [-0.39, 0.29) is 0 Å². The molecule has 1 aliphatic carbocycles. The first kappa shape index (κ1) is 14.4. The zero-order chi connectivity index (χ0) is 13.3. The summed E-state index contributed by atoms with van der Waals surface area (Å²) in [6, 6.07) is 8.30. The van der Waals surface area contributed by atoms with E-state index in [4.69, 9.17) is 9.47 Å². The highest BCUT2D eigenvalue weighted by molar-refractivity contribution is 5.27. The number of nitrogens with one attached hydrogen (secondary N) is 1. The Labute approximate surface area is 116 Å². The molecule has 1 aliphatic rings. The zero-order valence-electron chi connectivity index (χ0n) is 11.9.